The third-order valence-electron chi connectivity index (χ3n) is 8.59. The van der Waals surface area contributed by atoms with E-state index in [0.717, 1.165) is 60.8 Å². The fraction of sp³-hybridized carbons (Fsp3) is 0. The van der Waals surface area contributed by atoms with Gasteiger partial charge in [-0.1, -0.05) is 164 Å². The van der Waals surface area contributed by atoms with E-state index < -0.39 is 6.04 Å². The average molecular weight is 591 g/mol. The van der Waals surface area contributed by atoms with Crippen molar-refractivity contribution in [3.8, 4) is 78.7 Å². The van der Waals surface area contributed by atoms with Crippen molar-refractivity contribution >= 4 is 10.8 Å². The van der Waals surface area contributed by atoms with E-state index in [1.807, 2.05) is 97.1 Å². The van der Waals surface area contributed by atoms with Crippen LogP contribution in [0, 0.1) is 0 Å². The Morgan fingerprint density at radius 2 is 0.891 bits per heavy atom. The van der Waals surface area contributed by atoms with Crippen LogP contribution in [-0.4, -0.2) is 15.0 Å². The number of nitrogens with zero attached hydrogens (tertiary/aromatic N) is 3. The summed E-state index contributed by atoms with van der Waals surface area (Å²) in [5.41, 5.74) is 9.58. The van der Waals surface area contributed by atoms with Gasteiger partial charge in [0.25, 0.3) is 0 Å². The van der Waals surface area contributed by atoms with Crippen LogP contribution in [0.15, 0.2) is 164 Å². The summed E-state index contributed by atoms with van der Waals surface area (Å²) in [7, 11) is 0. The molecule has 3 heteroatoms. The van der Waals surface area contributed by atoms with Gasteiger partial charge in [0.1, 0.15) is 0 Å². The van der Waals surface area contributed by atoms with Crippen LogP contribution >= 0.6 is 0 Å². The molecule has 1 aliphatic rings. The molecule has 0 bridgehead atoms. The molecular weight excluding hydrogens is 558 g/mol. The van der Waals surface area contributed by atoms with Gasteiger partial charge in [-0.05, 0) is 49.7 Å². The maximum Gasteiger partial charge on any atom is 0.164 e. The Morgan fingerprint density at radius 3 is 1.63 bits per heavy atom. The van der Waals surface area contributed by atoms with E-state index in [-0.39, 0.29) is 29.7 Å². The Hall–Kier alpha value is -6.19. The second-order valence-corrected chi connectivity index (χ2v) is 11.2. The van der Waals surface area contributed by atoms with Crippen molar-refractivity contribution in [2.24, 2.45) is 0 Å². The lowest BCUT2D eigenvalue weighted by Crippen LogP contribution is -2.01. The summed E-state index contributed by atoms with van der Waals surface area (Å²) >= 11 is 0. The lowest BCUT2D eigenvalue weighted by atomic mass is 9.93. The zero-order valence-corrected chi connectivity index (χ0v) is 24.5. The van der Waals surface area contributed by atoms with Crippen LogP contribution in [0.25, 0.3) is 89.4 Å². The molecule has 46 heavy (non-hydrogen) atoms. The third kappa shape index (κ3) is 4.33. The van der Waals surface area contributed by atoms with Crippen LogP contribution in [0.3, 0.4) is 0 Å². The first kappa shape index (κ1) is 21.5. The highest BCUT2D eigenvalue weighted by molar-refractivity contribution is 6.20. The molecule has 0 fully saturated rings. The molecular formula is C43H27N3. The van der Waals surface area contributed by atoms with Crippen LogP contribution in [-0.2, 0) is 0 Å². The summed E-state index contributed by atoms with van der Waals surface area (Å²) in [6.45, 7) is 0. The minimum absolute atomic E-state index is 0.189. The van der Waals surface area contributed by atoms with Crippen molar-refractivity contribution in [1.82, 2.24) is 15.0 Å². The molecule has 9 rings (SSSR count). The number of fused-ring (bicyclic) bond motifs is 3. The average Bonchev–Trinajstić information content (AvgIpc) is 3.52. The summed E-state index contributed by atoms with van der Waals surface area (Å²) in [6.07, 6.45) is 0. The molecule has 8 aromatic rings. The van der Waals surface area contributed by atoms with E-state index in [0.29, 0.717) is 23.0 Å². The van der Waals surface area contributed by atoms with Gasteiger partial charge in [-0.15, -0.1) is 0 Å². The summed E-state index contributed by atoms with van der Waals surface area (Å²) in [6, 6.07) is 42.8. The van der Waals surface area contributed by atoms with Crippen molar-refractivity contribution in [2.75, 3.05) is 0 Å². The molecule has 0 atom stereocenters. The largest absolute Gasteiger partial charge is 0.208 e. The van der Waals surface area contributed by atoms with Gasteiger partial charge >= 0.3 is 0 Å². The van der Waals surface area contributed by atoms with Gasteiger partial charge in [0.05, 0.1) is 6.85 Å². The summed E-state index contributed by atoms with van der Waals surface area (Å²) in [4.78, 5) is 15.1. The van der Waals surface area contributed by atoms with Gasteiger partial charge in [-0.3, -0.25) is 0 Å². The van der Waals surface area contributed by atoms with E-state index in [2.05, 4.69) is 36.4 Å². The Kier molecular flexibility index (Phi) is 5.03. The monoisotopic (exact) mass is 590 g/mol. The minimum atomic E-state index is -0.407. The fourth-order valence-electron chi connectivity index (χ4n) is 6.48. The highest BCUT2D eigenvalue weighted by atomic mass is 15.0. The Bertz CT molecular complexity index is 2650. The number of rotatable bonds is 5. The maximum atomic E-state index is 8.69. The van der Waals surface area contributed by atoms with Crippen molar-refractivity contribution in [3.63, 3.8) is 0 Å². The zero-order valence-electron chi connectivity index (χ0n) is 29.5. The topological polar surface area (TPSA) is 38.7 Å². The molecule has 0 spiro atoms. The van der Waals surface area contributed by atoms with E-state index in [9.17, 15) is 0 Å². The van der Waals surface area contributed by atoms with Crippen LogP contribution in [0.4, 0.5) is 0 Å². The molecule has 1 heterocycles. The molecule has 214 valence electrons. The molecule has 1 aromatic heterocycles. The highest BCUT2D eigenvalue weighted by Crippen LogP contribution is 2.52. The van der Waals surface area contributed by atoms with Gasteiger partial charge in [0.2, 0.25) is 0 Å². The summed E-state index contributed by atoms with van der Waals surface area (Å²) in [5, 5.41) is 1.77. The highest BCUT2D eigenvalue weighted by Gasteiger charge is 2.27. The Balaban J connectivity index is 1.24. The maximum absolute atomic E-state index is 8.69. The zero-order chi connectivity index (χ0) is 34.8. The first-order valence-corrected chi connectivity index (χ1v) is 15.1. The van der Waals surface area contributed by atoms with E-state index in [4.69, 9.17) is 21.8 Å². The molecule has 0 amide bonds. The van der Waals surface area contributed by atoms with Crippen LogP contribution in [0.5, 0.6) is 0 Å². The second-order valence-electron chi connectivity index (χ2n) is 11.2. The number of hydrogen-bond donors (Lipinski definition) is 0. The van der Waals surface area contributed by atoms with Gasteiger partial charge in [-0.2, -0.15) is 0 Å². The summed E-state index contributed by atoms with van der Waals surface area (Å²) < 4.78 is 42.1. The lowest BCUT2D eigenvalue weighted by molar-refractivity contribution is 1.07. The molecule has 0 radical (unpaired) electrons. The van der Waals surface area contributed by atoms with Crippen molar-refractivity contribution in [1.29, 1.82) is 0 Å². The lowest BCUT2D eigenvalue weighted by Gasteiger charge is -2.13. The van der Waals surface area contributed by atoms with E-state index in [1.54, 1.807) is 0 Å². The van der Waals surface area contributed by atoms with Crippen molar-refractivity contribution < 1.29 is 6.85 Å². The molecule has 0 saturated heterocycles. The Morgan fingerprint density at radius 1 is 0.348 bits per heavy atom. The number of aromatic nitrogens is 3. The predicted molar refractivity (Wildman–Crippen MR) is 189 cm³/mol. The number of benzene rings is 7. The Labute approximate surface area is 274 Å². The fourth-order valence-corrected chi connectivity index (χ4v) is 6.48. The van der Waals surface area contributed by atoms with Gasteiger partial charge in [0, 0.05) is 22.3 Å². The normalized spacial score (nSPS) is 13.0. The smallest absolute Gasteiger partial charge is 0.164 e. The van der Waals surface area contributed by atoms with E-state index in [1.165, 1.54) is 0 Å². The minimum Gasteiger partial charge on any atom is -0.208 e. The molecule has 7 aromatic carbocycles. The molecule has 1 aliphatic carbocycles. The first-order valence-electron chi connectivity index (χ1n) is 17.6. The quantitative estimate of drug-likeness (QED) is 0.200. The molecule has 0 aliphatic heterocycles. The van der Waals surface area contributed by atoms with E-state index >= 15 is 0 Å². The van der Waals surface area contributed by atoms with Crippen LogP contribution in [0.1, 0.15) is 6.85 Å². The molecule has 3 nitrogen and oxygen atoms in total. The van der Waals surface area contributed by atoms with Crippen LogP contribution in [0.2, 0.25) is 0 Å². The summed E-state index contributed by atoms with van der Waals surface area (Å²) in [5.74, 6) is 1.67. The molecule has 0 N–H and O–H groups in total. The van der Waals surface area contributed by atoms with Crippen molar-refractivity contribution in [2.45, 2.75) is 0 Å². The van der Waals surface area contributed by atoms with Gasteiger partial charge < -0.3 is 0 Å². The molecule has 0 unspecified atom stereocenters. The molecule has 0 saturated carbocycles. The second kappa shape index (κ2) is 10.8. The van der Waals surface area contributed by atoms with Gasteiger partial charge in [-0.25, -0.2) is 15.0 Å². The number of hydrogen-bond acceptors (Lipinski definition) is 3. The third-order valence-corrected chi connectivity index (χ3v) is 8.59. The first-order chi connectivity index (χ1) is 24.9. The van der Waals surface area contributed by atoms with Gasteiger partial charge in [0.15, 0.2) is 17.5 Å². The standard InChI is InChI=1S/C43H27N3/c1-4-12-28(13-5-1)29-22-24-32(25-23-29)42-44-41(31-16-8-3-9-17-31)45-43(46-42)38-21-11-20-36-35-19-10-18-34-33(30-14-6-2-7-15-30)26-27-37(39(34)35)40(36)38/h1-27H/i2D,6D,7D,14D,15D. The van der Waals surface area contributed by atoms with Crippen molar-refractivity contribution in [3.05, 3.63) is 164 Å². The SMILES string of the molecule is [2H]c1c([2H])c([2H])c(-c2ccc3c4c(cccc24)-c2cccc(-c4nc(-c5ccccc5)nc(-c5ccc(-c6ccccc6)cc5)n4)c2-3)c([2H])c1[2H]. The predicted octanol–water partition coefficient (Wildman–Crippen LogP) is 11.0. The van der Waals surface area contributed by atoms with Crippen LogP contribution < -0.4 is 0 Å².